The van der Waals surface area contributed by atoms with Crippen molar-refractivity contribution in [3.05, 3.63) is 77.1 Å². The highest BCUT2D eigenvalue weighted by Crippen LogP contribution is 2.37. The predicted molar refractivity (Wildman–Crippen MR) is 140 cm³/mol. The Kier molecular flexibility index (Phi) is 8.66. The number of benzene rings is 3. The number of ether oxygens (including phenoxy) is 3. The number of aldehydes is 1. The number of rotatable bonds is 12. The van der Waals surface area contributed by atoms with Crippen LogP contribution in [0.2, 0.25) is 0 Å². The summed E-state index contributed by atoms with van der Waals surface area (Å²) in [5, 5.41) is 3.36. The van der Waals surface area contributed by atoms with E-state index in [1.54, 1.807) is 20.3 Å². The molecule has 1 heterocycles. The van der Waals surface area contributed by atoms with Gasteiger partial charge in [0.2, 0.25) is 5.75 Å². The molecule has 1 N–H and O–H groups in total. The summed E-state index contributed by atoms with van der Waals surface area (Å²) < 4.78 is 31.3. The van der Waals surface area contributed by atoms with Crippen molar-refractivity contribution in [2.75, 3.05) is 44.1 Å². The lowest BCUT2D eigenvalue weighted by molar-refractivity contribution is -0.107. The molecule has 6 nitrogen and oxygen atoms in total. The van der Waals surface area contributed by atoms with Gasteiger partial charge in [0, 0.05) is 30.9 Å². The Labute approximate surface area is 212 Å². The maximum Gasteiger partial charge on any atom is 0.203 e. The van der Waals surface area contributed by atoms with Crippen LogP contribution in [-0.4, -0.2) is 40.2 Å². The summed E-state index contributed by atoms with van der Waals surface area (Å²) in [4.78, 5) is 12.9. The molecule has 0 bridgehead atoms. The number of aryl methyl sites for hydroxylation is 1. The second-order valence-electron chi connectivity index (χ2n) is 8.71. The zero-order valence-corrected chi connectivity index (χ0v) is 20.9. The molecule has 36 heavy (non-hydrogen) atoms. The summed E-state index contributed by atoms with van der Waals surface area (Å²) in [5.74, 6) is 1.63. The first kappa shape index (κ1) is 25.4. The van der Waals surface area contributed by atoms with Gasteiger partial charge in [-0.2, -0.15) is 0 Å². The van der Waals surface area contributed by atoms with Crippen LogP contribution < -0.4 is 24.4 Å². The fourth-order valence-corrected chi connectivity index (χ4v) is 4.66. The van der Waals surface area contributed by atoms with E-state index >= 15 is 0 Å². The number of hydrogen-bond acceptors (Lipinski definition) is 6. The summed E-state index contributed by atoms with van der Waals surface area (Å²) >= 11 is 0. The van der Waals surface area contributed by atoms with Gasteiger partial charge in [-0.15, -0.1) is 0 Å². The highest BCUT2D eigenvalue weighted by molar-refractivity contribution is 5.60. The molecule has 0 saturated carbocycles. The Morgan fingerprint density at radius 2 is 1.81 bits per heavy atom. The average molecular weight is 493 g/mol. The topological polar surface area (TPSA) is 60.0 Å². The second kappa shape index (κ2) is 12.3. The van der Waals surface area contributed by atoms with Crippen LogP contribution >= 0.6 is 0 Å². The van der Waals surface area contributed by atoms with Gasteiger partial charge in [0.05, 0.1) is 20.8 Å². The minimum absolute atomic E-state index is 0.283. The van der Waals surface area contributed by atoms with Gasteiger partial charge < -0.3 is 29.2 Å². The van der Waals surface area contributed by atoms with Crippen molar-refractivity contribution in [3.8, 4) is 17.2 Å². The van der Waals surface area contributed by atoms with Crippen LogP contribution in [0, 0.1) is 5.82 Å². The molecule has 0 amide bonds. The molecule has 4 rings (SSSR count). The number of carbonyl (C=O) groups excluding carboxylic acids is 1. The van der Waals surface area contributed by atoms with Crippen LogP contribution in [-0.2, 0) is 24.2 Å². The number of fused-ring (bicyclic) bond motifs is 1. The zero-order valence-electron chi connectivity index (χ0n) is 20.9. The van der Waals surface area contributed by atoms with Crippen molar-refractivity contribution in [3.63, 3.8) is 0 Å². The SMILES string of the molecule is COc1cccc(OC)c1OCCN1CCCc2c(CNc3ccc(CCC=O)c(F)c3)cccc21. The molecule has 0 atom stereocenters. The van der Waals surface area contributed by atoms with E-state index in [9.17, 15) is 9.18 Å². The van der Waals surface area contributed by atoms with Crippen molar-refractivity contribution in [1.29, 1.82) is 0 Å². The minimum atomic E-state index is -0.283. The number of halogens is 1. The molecule has 0 fully saturated rings. The van der Waals surface area contributed by atoms with Gasteiger partial charge >= 0.3 is 0 Å². The first-order valence-electron chi connectivity index (χ1n) is 12.3. The van der Waals surface area contributed by atoms with Crippen LogP contribution in [0.4, 0.5) is 15.8 Å². The molecule has 0 aromatic heterocycles. The average Bonchev–Trinajstić information content (AvgIpc) is 2.91. The smallest absolute Gasteiger partial charge is 0.203 e. The van der Waals surface area contributed by atoms with Crippen molar-refractivity contribution >= 4 is 17.7 Å². The quantitative estimate of drug-likeness (QED) is 0.341. The van der Waals surface area contributed by atoms with E-state index in [1.165, 1.54) is 22.9 Å². The van der Waals surface area contributed by atoms with Gasteiger partial charge in [-0.25, -0.2) is 4.39 Å². The van der Waals surface area contributed by atoms with E-state index in [0.717, 1.165) is 37.9 Å². The number of methoxy groups -OCH3 is 2. The Morgan fingerprint density at radius 1 is 1.03 bits per heavy atom. The monoisotopic (exact) mass is 492 g/mol. The van der Waals surface area contributed by atoms with Crippen molar-refractivity contribution in [2.24, 2.45) is 0 Å². The summed E-state index contributed by atoms with van der Waals surface area (Å²) in [6.45, 7) is 2.80. The molecule has 0 aliphatic carbocycles. The molecule has 1 aliphatic rings. The summed E-state index contributed by atoms with van der Waals surface area (Å²) in [6.07, 6.45) is 3.62. The van der Waals surface area contributed by atoms with E-state index < -0.39 is 0 Å². The molecule has 3 aromatic rings. The summed E-state index contributed by atoms with van der Waals surface area (Å²) in [7, 11) is 3.24. The lowest BCUT2D eigenvalue weighted by Gasteiger charge is -2.32. The Morgan fingerprint density at radius 3 is 2.53 bits per heavy atom. The number of nitrogens with zero attached hydrogens (tertiary/aromatic N) is 1. The van der Waals surface area contributed by atoms with E-state index in [0.29, 0.717) is 48.8 Å². The maximum absolute atomic E-state index is 14.4. The number of hydrogen-bond donors (Lipinski definition) is 1. The van der Waals surface area contributed by atoms with Crippen molar-refractivity contribution in [2.45, 2.75) is 32.2 Å². The fourth-order valence-electron chi connectivity index (χ4n) is 4.66. The van der Waals surface area contributed by atoms with Gasteiger partial charge in [-0.3, -0.25) is 0 Å². The van der Waals surface area contributed by atoms with E-state index in [-0.39, 0.29) is 5.82 Å². The molecular weight excluding hydrogens is 459 g/mol. The van der Waals surface area contributed by atoms with Gasteiger partial charge in [-0.1, -0.05) is 24.3 Å². The third-order valence-electron chi connectivity index (χ3n) is 6.50. The fraction of sp³-hybridized carbons (Fsp3) is 0.345. The van der Waals surface area contributed by atoms with Crippen LogP contribution in [0.5, 0.6) is 17.2 Å². The second-order valence-corrected chi connectivity index (χ2v) is 8.71. The van der Waals surface area contributed by atoms with Crippen LogP contribution in [0.1, 0.15) is 29.5 Å². The van der Waals surface area contributed by atoms with Gasteiger partial charge in [0.25, 0.3) is 0 Å². The molecule has 190 valence electrons. The molecule has 7 heteroatoms. The predicted octanol–water partition coefficient (Wildman–Crippen LogP) is 5.42. The Balaban J connectivity index is 1.41. The normalized spacial score (nSPS) is 12.6. The van der Waals surface area contributed by atoms with Gasteiger partial charge in [0.15, 0.2) is 11.5 Å². The highest BCUT2D eigenvalue weighted by Gasteiger charge is 2.20. The van der Waals surface area contributed by atoms with Crippen molar-refractivity contribution in [1.82, 2.24) is 0 Å². The highest BCUT2D eigenvalue weighted by atomic mass is 19.1. The number of nitrogens with one attached hydrogen (secondary N) is 1. The third-order valence-corrected chi connectivity index (χ3v) is 6.50. The molecule has 0 unspecified atom stereocenters. The van der Waals surface area contributed by atoms with E-state index in [4.69, 9.17) is 14.2 Å². The van der Waals surface area contributed by atoms with E-state index in [2.05, 4.69) is 28.4 Å². The Hall–Kier alpha value is -3.74. The largest absolute Gasteiger partial charge is 0.493 e. The van der Waals surface area contributed by atoms with Crippen LogP contribution in [0.3, 0.4) is 0 Å². The molecular formula is C29H33FN2O4. The lowest BCUT2D eigenvalue weighted by Crippen LogP contribution is -2.33. The molecule has 3 aromatic carbocycles. The molecule has 0 spiro atoms. The number of para-hydroxylation sites is 1. The zero-order chi connectivity index (χ0) is 25.3. The summed E-state index contributed by atoms with van der Waals surface area (Å²) in [5.41, 5.74) is 5.02. The Bertz CT molecular complexity index is 1160. The first-order valence-corrected chi connectivity index (χ1v) is 12.3. The molecule has 1 aliphatic heterocycles. The first-order chi connectivity index (χ1) is 17.6. The van der Waals surface area contributed by atoms with Crippen LogP contribution in [0.25, 0.3) is 0 Å². The minimum Gasteiger partial charge on any atom is -0.493 e. The third kappa shape index (κ3) is 5.90. The van der Waals surface area contributed by atoms with Crippen molar-refractivity contribution < 1.29 is 23.4 Å². The van der Waals surface area contributed by atoms with Gasteiger partial charge in [-0.05, 0) is 66.3 Å². The lowest BCUT2D eigenvalue weighted by atomic mass is 9.96. The van der Waals surface area contributed by atoms with E-state index in [1.807, 2.05) is 24.3 Å². The molecule has 0 saturated heterocycles. The molecule has 0 radical (unpaired) electrons. The maximum atomic E-state index is 14.4. The van der Waals surface area contributed by atoms with Crippen LogP contribution in [0.15, 0.2) is 54.6 Å². The summed E-state index contributed by atoms with van der Waals surface area (Å²) in [6, 6.07) is 17.1. The standard InChI is InChI=1S/C29H33FN2O4/c1-34-27-11-4-12-28(35-2)29(27)36-18-16-32-15-5-9-24-22(7-3-10-26(24)32)20-31-23-14-13-21(8-6-17-33)25(30)19-23/h3-4,7,10-14,17,19,31H,5-6,8-9,15-16,18,20H2,1-2H3. The van der Waals surface area contributed by atoms with Gasteiger partial charge in [0.1, 0.15) is 18.7 Å². The number of anilines is 2. The number of carbonyl (C=O) groups is 1.